The van der Waals surface area contributed by atoms with Crippen molar-refractivity contribution in [2.24, 2.45) is 5.92 Å². The van der Waals surface area contributed by atoms with Gasteiger partial charge in [0.25, 0.3) is 0 Å². The van der Waals surface area contributed by atoms with Crippen LogP contribution in [0.1, 0.15) is 36.7 Å². The topological polar surface area (TPSA) is 78.4 Å². The second-order valence-corrected chi connectivity index (χ2v) is 7.29. The Kier molecular flexibility index (Phi) is 5.48. The van der Waals surface area contributed by atoms with Crippen molar-refractivity contribution in [1.82, 2.24) is 10.6 Å². The molecule has 5 nitrogen and oxygen atoms in total. The first-order chi connectivity index (χ1) is 11.6. The fraction of sp³-hybridized carbons (Fsp3) is 0.444. The van der Waals surface area contributed by atoms with Gasteiger partial charge in [0.1, 0.15) is 6.10 Å². The highest BCUT2D eigenvalue weighted by Crippen LogP contribution is 2.29. The third kappa shape index (κ3) is 4.55. The quantitative estimate of drug-likeness (QED) is 0.642. The maximum atomic E-state index is 11.8. The van der Waals surface area contributed by atoms with Crippen LogP contribution in [0.15, 0.2) is 30.3 Å². The Morgan fingerprint density at radius 2 is 2.04 bits per heavy atom. The van der Waals surface area contributed by atoms with E-state index in [-0.39, 0.29) is 24.3 Å². The molecule has 1 heterocycles. The number of thiophene rings is 1. The van der Waals surface area contributed by atoms with Crippen LogP contribution in [0.4, 0.5) is 0 Å². The normalized spacial score (nSPS) is 15.2. The number of hydrogen-bond donors (Lipinski definition) is 3. The largest absolute Gasteiger partial charge is 0.386 e. The van der Waals surface area contributed by atoms with Crippen LogP contribution in [0.3, 0.4) is 0 Å². The molecule has 1 fully saturated rings. The number of aliphatic hydroxyl groups is 1. The van der Waals surface area contributed by atoms with Crippen molar-refractivity contribution in [3.8, 4) is 0 Å². The molecule has 0 aliphatic heterocycles. The third-order valence-electron chi connectivity index (χ3n) is 4.09. The van der Waals surface area contributed by atoms with Crippen LogP contribution >= 0.6 is 11.3 Å². The van der Waals surface area contributed by atoms with E-state index in [2.05, 4.69) is 10.6 Å². The van der Waals surface area contributed by atoms with Gasteiger partial charge < -0.3 is 15.7 Å². The molecule has 128 valence electrons. The molecule has 0 radical (unpaired) electrons. The molecule has 1 saturated carbocycles. The summed E-state index contributed by atoms with van der Waals surface area (Å²) in [5, 5.41) is 16.9. The van der Waals surface area contributed by atoms with Gasteiger partial charge in [0.2, 0.25) is 11.8 Å². The van der Waals surface area contributed by atoms with Gasteiger partial charge >= 0.3 is 0 Å². The van der Waals surface area contributed by atoms with E-state index in [0.29, 0.717) is 19.4 Å². The smallest absolute Gasteiger partial charge is 0.223 e. The minimum Gasteiger partial charge on any atom is -0.386 e. The van der Waals surface area contributed by atoms with Crippen molar-refractivity contribution in [1.29, 1.82) is 0 Å². The van der Waals surface area contributed by atoms with Gasteiger partial charge in [-0.2, -0.15) is 0 Å². The predicted molar refractivity (Wildman–Crippen MR) is 94.8 cm³/mol. The van der Waals surface area contributed by atoms with Crippen molar-refractivity contribution in [3.63, 3.8) is 0 Å². The molecule has 1 atom stereocenters. The van der Waals surface area contributed by atoms with Gasteiger partial charge in [0, 0.05) is 35.0 Å². The molecule has 1 aromatic heterocycles. The van der Waals surface area contributed by atoms with E-state index in [4.69, 9.17) is 0 Å². The molecule has 3 rings (SSSR count). The van der Waals surface area contributed by atoms with Gasteiger partial charge in [-0.3, -0.25) is 9.59 Å². The number of benzene rings is 1. The van der Waals surface area contributed by atoms with Crippen LogP contribution in [-0.4, -0.2) is 30.0 Å². The number of carbonyl (C=O) groups is 2. The second kappa shape index (κ2) is 7.77. The lowest BCUT2D eigenvalue weighted by atomic mass is 10.2. The minimum absolute atomic E-state index is 0.101. The molecule has 1 aromatic carbocycles. The van der Waals surface area contributed by atoms with Crippen LogP contribution in [-0.2, 0) is 9.59 Å². The van der Waals surface area contributed by atoms with Gasteiger partial charge in [-0.15, -0.1) is 11.3 Å². The first kappa shape index (κ1) is 16.9. The predicted octanol–water partition coefficient (Wildman–Crippen LogP) is 2.36. The molecule has 2 amide bonds. The molecule has 0 bridgehead atoms. The van der Waals surface area contributed by atoms with Gasteiger partial charge in [-0.1, -0.05) is 18.2 Å². The summed E-state index contributed by atoms with van der Waals surface area (Å²) < 4.78 is 1.13. The molecule has 0 saturated heterocycles. The fourth-order valence-electron chi connectivity index (χ4n) is 2.52. The zero-order valence-electron chi connectivity index (χ0n) is 13.5. The van der Waals surface area contributed by atoms with E-state index < -0.39 is 6.10 Å². The van der Waals surface area contributed by atoms with Crippen LogP contribution in [0.2, 0.25) is 0 Å². The Labute approximate surface area is 145 Å². The van der Waals surface area contributed by atoms with Crippen molar-refractivity contribution >= 4 is 33.2 Å². The summed E-state index contributed by atoms with van der Waals surface area (Å²) in [6.45, 7) is 0.738. The number of nitrogens with one attached hydrogen (secondary N) is 2. The van der Waals surface area contributed by atoms with Crippen molar-refractivity contribution in [3.05, 3.63) is 35.2 Å². The first-order valence-electron chi connectivity index (χ1n) is 8.34. The molecule has 1 aliphatic rings. The number of aliphatic hydroxyl groups excluding tert-OH is 1. The van der Waals surface area contributed by atoms with Crippen LogP contribution in [0.25, 0.3) is 10.1 Å². The zero-order chi connectivity index (χ0) is 16.9. The highest BCUT2D eigenvalue weighted by atomic mass is 32.1. The number of carbonyl (C=O) groups excluding carboxylic acids is 2. The summed E-state index contributed by atoms with van der Waals surface area (Å²) in [4.78, 5) is 24.1. The van der Waals surface area contributed by atoms with Crippen LogP contribution in [0, 0.1) is 5.92 Å². The van der Waals surface area contributed by atoms with E-state index in [1.54, 1.807) is 11.3 Å². The fourth-order valence-corrected chi connectivity index (χ4v) is 3.57. The van der Waals surface area contributed by atoms with E-state index >= 15 is 0 Å². The highest BCUT2D eigenvalue weighted by Gasteiger charge is 2.28. The second-order valence-electron chi connectivity index (χ2n) is 6.18. The van der Waals surface area contributed by atoms with Gasteiger partial charge in [-0.05, 0) is 36.8 Å². The van der Waals surface area contributed by atoms with E-state index in [1.807, 2.05) is 30.3 Å². The summed E-state index contributed by atoms with van der Waals surface area (Å²) in [7, 11) is 0. The maximum absolute atomic E-state index is 11.8. The molecular weight excluding hydrogens is 324 g/mol. The lowest BCUT2D eigenvalue weighted by molar-refractivity contribution is -0.123. The molecule has 6 heteroatoms. The Hall–Kier alpha value is -1.92. The number of fused-ring (bicyclic) bond motifs is 1. The molecule has 0 spiro atoms. The average molecular weight is 346 g/mol. The monoisotopic (exact) mass is 346 g/mol. The van der Waals surface area contributed by atoms with Crippen molar-refractivity contribution in [2.45, 2.75) is 31.8 Å². The van der Waals surface area contributed by atoms with Gasteiger partial charge in [-0.25, -0.2) is 0 Å². The summed E-state index contributed by atoms with van der Waals surface area (Å²) in [5.74, 6) is 0.210. The summed E-state index contributed by atoms with van der Waals surface area (Å²) in [5.41, 5.74) is 0. The van der Waals surface area contributed by atoms with Crippen LogP contribution in [0.5, 0.6) is 0 Å². The molecule has 1 unspecified atom stereocenters. The van der Waals surface area contributed by atoms with Crippen LogP contribution < -0.4 is 10.6 Å². The summed E-state index contributed by atoms with van der Waals surface area (Å²) >= 11 is 1.54. The minimum atomic E-state index is -0.694. The van der Waals surface area contributed by atoms with E-state index in [9.17, 15) is 14.7 Å². The summed E-state index contributed by atoms with van der Waals surface area (Å²) in [6, 6.07) is 9.93. The zero-order valence-corrected chi connectivity index (χ0v) is 14.3. The number of amides is 2. The van der Waals surface area contributed by atoms with Crippen molar-refractivity contribution in [2.75, 3.05) is 13.1 Å². The highest BCUT2D eigenvalue weighted by molar-refractivity contribution is 7.19. The Morgan fingerprint density at radius 3 is 2.79 bits per heavy atom. The van der Waals surface area contributed by atoms with Gasteiger partial charge in [0.15, 0.2) is 0 Å². The van der Waals surface area contributed by atoms with Gasteiger partial charge in [0.05, 0.1) is 0 Å². The SMILES string of the molecule is O=C(CCCNC(=O)C1CC1)NCC(O)c1cc2ccccc2s1. The molecular formula is C18H22N2O3S. The average Bonchev–Trinajstić information content (AvgIpc) is 3.35. The maximum Gasteiger partial charge on any atom is 0.223 e. The summed E-state index contributed by atoms with van der Waals surface area (Å²) in [6.07, 6.45) is 2.25. The Morgan fingerprint density at radius 1 is 1.25 bits per heavy atom. The molecule has 2 aromatic rings. The molecule has 1 aliphatic carbocycles. The third-order valence-corrected chi connectivity index (χ3v) is 5.31. The number of hydrogen-bond acceptors (Lipinski definition) is 4. The number of rotatable bonds is 8. The van der Waals surface area contributed by atoms with Crippen molar-refractivity contribution < 1.29 is 14.7 Å². The molecule has 3 N–H and O–H groups in total. The first-order valence-corrected chi connectivity index (χ1v) is 9.16. The van der Waals surface area contributed by atoms with E-state index in [0.717, 1.165) is 27.8 Å². The standard InChI is InChI=1S/C18H22N2O3S/c21-14(16-10-13-4-1-2-5-15(13)24-16)11-20-17(22)6-3-9-19-18(23)12-7-8-12/h1-2,4-5,10,12,14,21H,3,6-9,11H2,(H,19,23)(H,20,22). The Balaban J connectivity index is 1.36. The lowest BCUT2D eigenvalue weighted by Crippen LogP contribution is -2.30. The lowest BCUT2D eigenvalue weighted by Gasteiger charge is -2.10. The van der Waals surface area contributed by atoms with E-state index in [1.165, 1.54) is 0 Å². The Bertz CT molecular complexity index is 691. The molecule has 24 heavy (non-hydrogen) atoms.